The molecule has 0 saturated heterocycles. The molecule has 1 aromatic heterocycles. The quantitative estimate of drug-likeness (QED) is 0.415. The molecule has 0 saturated carbocycles. The fraction of sp³-hybridized carbons (Fsp3) is 0.571. The van der Waals surface area contributed by atoms with Crippen LogP contribution < -0.4 is 14.3 Å². The lowest BCUT2D eigenvalue weighted by Crippen LogP contribution is -2.37. The fourth-order valence-corrected chi connectivity index (χ4v) is 0.894. The maximum Gasteiger partial charge on any atom is 0.412 e. The second kappa shape index (κ2) is 3.88. The van der Waals surface area contributed by atoms with Gasteiger partial charge in [-0.25, -0.2) is 0 Å². The molecule has 0 radical (unpaired) electrons. The van der Waals surface area contributed by atoms with E-state index in [0.717, 1.165) is 0 Å². The molecule has 6 nitrogen and oxygen atoms in total. The number of hydrogen-bond acceptors (Lipinski definition) is 4. The van der Waals surface area contributed by atoms with Crippen molar-refractivity contribution in [3.63, 3.8) is 0 Å². The lowest BCUT2D eigenvalue weighted by atomic mass is 10.6. The molecule has 0 aromatic carbocycles. The van der Waals surface area contributed by atoms with Gasteiger partial charge in [0.05, 0.1) is 18.1 Å². The first-order valence-corrected chi connectivity index (χ1v) is 4.01. The van der Waals surface area contributed by atoms with Crippen molar-refractivity contribution >= 4 is 0 Å². The first-order chi connectivity index (χ1) is 6.20. The van der Waals surface area contributed by atoms with Crippen molar-refractivity contribution in [2.45, 2.75) is 13.8 Å². The minimum Gasteiger partial charge on any atom is -0.591 e. The molecule has 0 atom stereocenters. The normalized spacial score (nSPS) is 10.0. The molecule has 0 aliphatic heterocycles. The van der Waals surface area contributed by atoms with Crippen LogP contribution in [0.25, 0.3) is 0 Å². The van der Waals surface area contributed by atoms with Crippen molar-refractivity contribution < 1.29 is 19.5 Å². The van der Waals surface area contributed by atoms with E-state index < -0.39 is 0 Å². The van der Waals surface area contributed by atoms with Gasteiger partial charge in [0.2, 0.25) is 0 Å². The first-order valence-electron chi connectivity index (χ1n) is 4.01. The van der Waals surface area contributed by atoms with E-state index in [0.29, 0.717) is 18.1 Å². The van der Waals surface area contributed by atoms with Gasteiger partial charge in [-0.05, 0) is 18.7 Å². The second-order valence-corrected chi connectivity index (χ2v) is 2.25. The van der Waals surface area contributed by atoms with Gasteiger partial charge in [0.25, 0.3) is 0 Å². The number of hydrogen-bond donors (Lipinski definition) is 1. The molecule has 0 unspecified atom stereocenters. The third-order valence-electron chi connectivity index (χ3n) is 1.39. The van der Waals surface area contributed by atoms with Gasteiger partial charge in [-0.1, -0.05) is 0 Å². The van der Waals surface area contributed by atoms with Gasteiger partial charge < -0.3 is 19.9 Å². The molecule has 0 aliphatic rings. The third kappa shape index (κ3) is 1.77. The van der Waals surface area contributed by atoms with Crippen molar-refractivity contribution in [3.8, 4) is 11.8 Å². The zero-order chi connectivity index (χ0) is 9.84. The first kappa shape index (κ1) is 9.50. The SMILES string of the molecule is CCOc1cc(OCC)[n+]([O-])n1O. The van der Waals surface area contributed by atoms with Crippen LogP contribution in [-0.4, -0.2) is 23.3 Å². The zero-order valence-corrected chi connectivity index (χ0v) is 7.56. The van der Waals surface area contributed by atoms with Crippen LogP contribution in [0.3, 0.4) is 0 Å². The average Bonchev–Trinajstić information content (AvgIpc) is 2.36. The van der Waals surface area contributed by atoms with Crippen molar-refractivity contribution in [3.05, 3.63) is 11.3 Å². The van der Waals surface area contributed by atoms with E-state index in [2.05, 4.69) is 0 Å². The Morgan fingerprint density at radius 3 is 2.62 bits per heavy atom. The van der Waals surface area contributed by atoms with Crippen LogP contribution in [0.15, 0.2) is 6.07 Å². The monoisotopic (exact) mass is 188 g/mol. The summed E-state index contributed by atoms with van der Waals surface area (Å²) in [7, 11) is 0. The Balaban J connectivity index is 2.90. The summed E-state index contributed by atoms with van der Waals surface area (Å²) < 4.78 is 9.89. The van der Waals surface area contributed by atoms with Crippen LogP contribution in [0.4, 0.5) is 0 Å². The molecule has 74 valence electrons. The fourth-order valence-electron chi connectivity index (χ4n) is 0.894. The zero-order valence-electron chi connectivity index (χ0n) is 7.56. The molecular weight excluding hydrogens is 176 g/mol. The highest BCUT2D eigenvalue weighted by atomic mass is 16.7. The smallest absolute Gasteiger partial charge is 0.412 e. The van der Waals surface area contributed by atoms with Crippen LogP contribution in [0, 0.1) is 5.21 Å². The van der Waals surface area contributed by atoms with Gasteiger partial charge in [0.1, 0.15) is 6.07 Å². The molecule has 0 fully saturated rings. The van der Waals surface area contributed by atoms with Crippen molar-refractivity contribution in [2.24, 2.45) is 0 Å². The summed E-state index contributed by atoms with van der Waals surface area (Å²) in [6, 6.07) is 1.33. The molecule has 1 heterocycles. The van der Waals surface area contributed by atoms with Crippen molar-refractivity contribution in [2.75, 3.05) is 13.2 Å². The van der Waals surface area contributed by atoms with Gasteiger partial charge in [-0.15, -0.1) is 0 Å². The minimum absolute atomic E-state index is 0.0217. The van der Waals surface area contributed by atoms with E-state index in [1.807, 2.05) is 0 Å². The number of nitrogens with zero attached hydrogens (tertiary/aromatic N) is 2. The molecule has 6 heteroatoms. The molecule has 1 rings (SSSR count). The molecule has 13 heavy (non-hydrogen) atoms. The van der Waals surface area contributed by atoms with E-state index in [-0.39, 0.29) is 16.6 Å². The standard InChI is InChI=1S/C7H12N2O4/c1-3-12-6-5-7(13-4-2)9(11)8(6)10/h5,10H,3-4H2,1-2H3. The Morgan fingerprint density at radius 2 is 2.08 bits per heavy atom. The van der Waals surface area contributed by atoms with E-state index in [1.54, 1.807) is 13.8 Å². The van der Waals surface area contributed by atoms with E-state index in [1.165, 1.54) is 6.07 Å². The van der Waals surface area contributed by atoms with E-state index in [4.69, 9.17) is 14.7 Å². The highest BCUT2D eigenvalue weighted by Gasteiger charge is 2.20. The Hall–Kier alpha value is -1.59. The Labute approximate surface area is 75.4 Å². The van der Waals surface area contributed by atoms with Gasteiger partial charge in [-0.2, -0.15) is 0 Å². The Morgan fingerprint density at radius 1 is 1.46 bits per heavy atom. The highest BCUT2D eigenvalue weighted by Crippen LogP contribution is 2.15. The van der Waals surface area contributed by atoms with Gasteiger partial charge in [-0.3, -0.25) is 0 Å². The second-order valence-electron chi connectivity index (χ2n) is 2.25. The molecular formula is C7H12N2O4. The summed E-state index contributed by atoms with van der Waals surface area (Å²) in [6.45, 7) is 4.23. The maximum atomic E-state index is 11.1. The van der Waals surface area contributed by atoms with Crippen LogP contribution in [-0.2, 0) is 0 Å². The molecule has 0 bridgehead atoms. The van der Waals surface area contributed by atoms with Gasteiger partial charge in [0, 0.05) is 0 Å². The van der Waals surface area contributed by atoms with Gasteiger partial charge >= 0.3 is 11.8 Å². The van der Waals surface area contributed by atoms with Crippen LogP contribution in [0.5, 0.6) is 11.8 Å². The minimum atomic E-state index is 0.0217. The van der Waals surface area contributed by atoms with Gasteiger partial charge in [0.15, 0.2) is 0 Å². The summed E-state index contributed by atoms with van der Waals surface area (Å²) in [5, 5.41) is 20.2. The number of rotatable bonds is 4. The highest BCUT2D eigenvalue weighted by molar-refractivity contribution is 5.15. The maximum absolute atomic E-state index is 11.1. The Bertz CT molecular complexity index is 258. The van der Waals surface area contributed by atoms with Crippen molar-refractivity contribution in [1.82, 2.24) is 4.85 Å². The summed E-state index contributed by atoms with van der Waals surface area (Å²) in [4.78, 5) is 0.572. The predicted molar refractivity (Wildman–Crippen MR) is 42.9 cm³/mol. The van der Waals surface area contributed by atoms with Crippen LogP contribution in [0.1, 0.15) is 13.8 Å². The molecule has 0 aliphatic carbocycles. The Kier molecular flexibility index (Phi) is 2.84. The lowest BCUT2D eigenvalue weighted by molar-refractivity contribution is -0.729. The summed E-state index contributed by atoms with van der Waals surface area (Å²) in [5.74, 6) is 0.0920. The summed E-state index contributed by atoms with van der Waals surface area (Å²) in [6.07, 6.45) is 0. The lowest BCUT2D eigenvalue weighted by Gasteiger charge is -1.99. The van der Waals surface area contributed by atoms with E-state index in [9.17, 15) is 5.21 Å². The average molecular weight is 188 g/mol. The predicted octanol–water partition coefficient (Wildman–Crippen LogP) is 0.156. The number of ether oxygens (including phenoxy) is 2. The van der Waals surface area contributed by atoms with Crippen molar-refractivity contribution in [1.29, 1.82) is 0 Å². The largest absolute Gasteiger partial charge is 0.591 e. The summed E-state index contributed by atoms with van der Waals surface area (Å²) >= 11 is 0. The van der Waals surface area contributed by atoms with Crippen LogP contribution >= 0.6 is 0 Å². The molecule has 0 spiro atoms. The van der Waals surface area contributed by atoms with E-state index >= 15 is 0 Å². The number of aromatic nitrogens is 2. The topological polar surface area (TPSA) is 70.6 Å². The third-order valence-corrected chi connectivity index (χ3v) is 1.39. The molecule has 0 amide bonds. The van der Waals surface area contributed by atoms with Crippen LogP contribution in [0.2, 0.25) is 0 Å². The molecule has 1 N–H and O–H groups in total. The summed E-state index contributed by atoms with van der Waals surface area (Å²) in [5.41, 5.74) is 0. The molecule has 1 aromatic rings.